The van der Waals surface area contributed by atoms with E-state index in [0.717, 1.165) is 6.07 Å². The molecule has 8 heteroatoms. The van der Waals surface area contributed by atoms with Gasteiger partial charge in [0.25, 0.3) is 5.91 Å². The predicted octanol–water partition coefficient (Wildman–Crippen LogP) is 3.15. The van der Waals surface area contributed by atoms with Crippen LogP contribution in [0.3, 0.4) is 0 Å². The standard InChI is InChI=1S/C20H22FN3O4/c1-13(2)18(24-20(27)23-15-8-4-3-5-9-15)19(26)28-12-17(25)22-16-10-6-7-14(21)11-16/h3-11,13,18H,12H2,1-2H3,(H,22,25)(H2,23,24,27)/t18-/m1/s1. The van der Waals surface area contributed by atoms with E-state index in [9.17, 15) is 18.8 Å². The number of anilines is 2. The van der Waals surface area contributed by atoms with Crippen LogP contribution in [0.2, 0.25) is 0 Å². The molecule has 1 atom stereocenters. The Bertz CT molecular complexity index is 827. The number of nitrogens with one attached hydrogen (secondary N) is 3. The number of amides is 3. The molecule has 0 saturated heterocycles. The molecule has 0 fully saturated rings. The van der Waals surface area contributed by atoms with Crippen molar-refractivity contribution < 1.29 is 23.5 Å². The summed E-state index contributed by atoms with van der Waals surface area (Å²) in [6.07, 6.45) is 0. The van der Waals surface area contributed by atoms with Gasteiger partial charge >= 0.3 is 12.0 Å². The van der Waals surface area contributed by atoms with Crippen molar-refractivity contribution in [2.75, 3.05) is 17.2 Å². The van der Waals surface area contributed by atoms with Crippen molar-refractivity contribution in [3.8, 4) is 0 Å². The summed E-state index contributed by atoms with van der Waals surface area (Å²) in [5.74, 6) is -2.12. The molecular weight excluding hydrogens is 365 g/mol. The third kappa shape index (κ3) is 6.71. The van der Waals surface area contributed by atoms with E-state index in [-0.39, 0.29) is 11.6 Å². The summed E-state index contributed by atoms with van der Waals surface area (Å²) >= 11 is 0. The molecular formula is C20H22FN3O4. The maximum atomic E-state index is 13.1. The zero-order chi connectivity index (χ0) is 20.5. The summed E-state index contributed by atoms with van der Waals surface area (Å²) in [6, 6.07) is 12.6. The molecule has 0 aliphatic carbocycles. The highest BCUT2D eigenvalue weighted by atomic mass is 19.1. The Balaban J connectivity index is 1.86. The molecule has 0 spiro atoms. The second kappa shape index (κ2) is 10.1. The number of esters is 1. The van der Waals surface area contributed by atoms with Crippen LogP contribution in [0.1, 0.15) is 13.8 Å². The number of hydrogen-bond donors (Lipinski definition) is 3. The molecule has 0 saturated carbocycles. The van der Waals surface area contributed by atoms with Gasteiger partial charge in [-0.05, 0) is 36.2 Å². The lowest BCUT2D eigenvalue weighted by Crippen LogP contribution is -2.47. The molecule has 7 nitrogen and oxygen atoms in total. The van der Waals surface area contributed by atoms with Gasteiger partial charge in [-0.2, -0.15) is 0 Å². The van der Waals surface area contributed by atoms with E-state index in [4.69, 9.17) is 4.74 Å². The first kappa shape index (κ1) is 20.9. The summed E-state index contributed by atoms with van der Waals surface area (Å²) < 4.78 is 18.1. The molecule has 148 valence electrons. The highest BCUT2D eigenvalue weighted by Crippen LogP contribution is 2.10. The average molecular weight is 387 g/mol. The summed E-state index contributed by atoms with van der Waals surface area (Å²) in [6.45, 7) is 2.92. The van der Waals surface area contributed by atoms with Crippen LogP contribution < -0.4 is 16.0 Å². The molecule has 0 aliphatic rings. The van der Waals surface area contributed by atoms with Crippen molar-refractivity contribution in [2.24, 2.45) is 5.92 Å². The van der Waals surface area contributed by atoms with Crippen molar-refractivity contribution in [3.05, 3.63) is 60.4 Å². The fourth-order valence-electron chi connectivity index (χ4n) is 2.32. The fraction of sp³-hybridized carbons (Fsp3) is 0.250. The van der Waals surface area contributed by atoms with Gasteiger partial charge in [0.05, 0.1) is 0 Å². The average Bonchev–Trinajstić information content (AvgIpc) is 2.65. The summed E-state index contributed by atoms with van der Waals surface area (Å²) in [5, 5.41) is 7.58. The molecule has 0 bridgehead atoms. The number of rotatable bonds is 7. The van der Waals surface area contributed by atoms with E-state index >= 15 is 0 Å². The SMILES string of the molecule is CC(C)[C@@H](NC(=O)Nc1ccccc1)C(=O)OCC(=O)Nc1cccc(F)c1. The van der Waals surface area contributed by atoms with Crippen molar-refractivity contribution in [3.63, 3.8) is 0 Å². The van der Waals surface area contributed by atoms with Gasteiger partial charge in [0, 0.05) is 11.4 Å². The van der Waals surface area contributed by atoms with Crippen LogP contribution in [0.5, 0.6) is 0 Å². The van der Waals surface area contributed by atoms with Crippen LogP contribution in [-0.2, 0) is 14.3 Å². The van der Waals surface area contributed by atoms with Gasteiger partial charge in [-0.3, -0.25) is 4.79 Å². The Morgan fingerprint density at radius 1 is 0.964 bits per heavy atom. The first-order valence-corrected chi connectivity index (χ1v) is 8.70. The summed E-state index contributed by atoms with van der Waals surface area (Å²) in [4.78, 5) is 36.3. The van der Waals surface area contributed by atoms with E-state index in [1.807, 2.05) is 6.07 Å². The summed E-state index contributed by atoms with van der Waals surface area (Å²) in [7, 11) is 0. The summed E-state index contributed by atoms with van der Waals surface area (Å²) in [5.41, 5.74) is 0.826. The lowest BCUT2D eigenvalue weighted by atomic mass is 10.1. The molecule has 3 amide bonds. The van der Waals surface area contributed by atoms with Gasteiger partial charge in [0.15, 0.2) is 6.61 Å². The smallest absolute Gasteiger partial charge is 0.329 e. The highest BCUT2D eigenvalue weighted by Gasteiger charge is 2.26. The van der Waals surface area contributed by atoms with Gasteiger partial charge in [-0.15, -0.1) is 0 Å². The van der Waals surface area contributed by atoms with Crippen LogP contribution in [-0.4, -0.2) is 30.6 Å². The second-order valence-electron chi connectivity index (χ2n) is 6.35. The zero-order valence-electron chi connectivity index (χ0n) is 15.6. The molecule has 0 unspecified atom stereocenters. The van der Waals surface area contributed by atoms with Crippen LogP contribution in [0.4, 0.5) is 20.6 Å². The minimum Gasteiger partial charge on any atom is -0.454 e. The van der Waals surface area contributed by atoms with E-state index in [1.165, 1.54) is 18.2 Å². The lowest BCUT2D eigenvalue weighted by molar-refractivity contribution is -0.150. The number of halogens is 1. The lowest BCUT2D eigenvalue weighted by Gasteiger charge is -2.21. The van der Waals surface area contributed by atoms with E-state index < -0.39 is 36.4 Å². The van der Waals surface area contributed by atoms with Crippen LogP contribution >= 0.6 is 0 Å². The largest absolute Gasteiger partial charge is 0.454 e. The first-order valence-electron chi connectivity index (χ1n) is 8.70. The van der Waals surface area contributed by atoms with Crippen molar-refractivity contribution in [2.45, 2.75) is 19.9 Å². The minimum absolute atomic E-state index is 0.252. The third-order valence-electron chi connectivity index (χ3n) is 3.69. The Labute approximate surface area is 162 Å². The normalized spacial score (nSPS) is 11.4. The van der Waals surface area contributed by atoms with E-state index in [0.29, 0.717) is 5.69 Å². The molecule has 0 radical (unpaired) electrons. The maximum absolute atomic E-state index is 13.1. The number of carbonyl (C=O) groups excluding carboxylic acids is 3. The Kier molecular flexibility index (Phi) is 7.50. The third-order valence-corrected chi connectivity index (χ3v) is 3.69. The van der Waals surface area contributed by atoms with E-state index in [1.54, 1.807) is 38.1 Å². The number of ether oxygens (including phenoxy) is 1. The van der Waals surface area contributed by atoms with Gasteiger partial charge < -0.3 is 20.7 Å². The van der Waals surface area contributed by atoms with Crippen molar-refractivity contribution >= 4 is 29.3 Å². The zero-order valence-corrected chi connectivity index (χ0v) is 15.6. The van der Waals surface area contributed by atoms with Gasteiger partial charge in [0.2, 0.25) is 0 Å². The molecule has 0 aromatic heterocycles. The predicted molar refractivity (Wildman–Crippen MR) is 103 cm³/mol. The monoisotopic (exact) mass is 387 g/mol. The Hall–Kier alpha value is -3.42. The Morgan fingerprint density at radius 3 is 2.29 bits per heavy atom. The van der Waals surface area contributed by atoms with Gasteiger partial charge in [-0.1, -0.05) is 38.1 Å². The van der Waals surface area contributed by atoms with Crippen molar-refractivity contribution in [1.82, 2.24) is 5.32 Å². The number of benzene rings is 2. The van der Waals surface area contributed by atoms with Crippen LogP contribution in [0.15, 0.2) is 54.6 Å². The van der Waals surface area contributed by atoms with E-state index in [2.05, 4.69) is 16.0 Å². The van der Waals surface area contributed by atoms with Crippen LogP contribution in [0.25, 0.3) is 0 Å². The van der Waals surface area contributed by atoms with Crippen molar-refractivity contribution in [1.29, 1.82) is 0 Å². The molecule has 28 heavy (non-hydrogen) atoms. The minimum atomic E-state index is -0.939. The molecule has 0 heterocycles. The molecule has 3 N–H and O–H groups in total. The number of para-hydroxylation sites is 1. The second-order valence-corrected chi connectivity index (χ2v) is 6.35. The fourth-order valence-corrected chi connectivity index (χ4v) is 2.32. The van der Waals surface area contributed by atoms with Gasteiger partial charge in [-0.25, -0.2) is 14.0 Å². The molecule has 0 aliphatic heterocycles. The topological polar surface area (TPSA) is 96.5 Å². The van der Waals surface area contributed by atoms with Crippen LogP contribution in [0, 0.1) is 11.7 Å². The Morgan fingerprint density at radius 2 is 1.64 bits per heavy atom. The number of urea groups is 1. The molecule has 2 rings (SSSR count). The van der Waals surface area contributed by atoms with Gasteiger partial charge in [0.1, 0.15) is 11.9 Å². The first-order chi connectivity index (χ1) is 13.3. The number of hydrogen-bond acceptors (Lipinski definition) is 4. The molecule has 2 aromatic rings. The quantitative estimate of drug-likeness (QED) is 0.636. The maximum Gasteiger partial charge on any atom is 0.329 e. The number of carbonyl (C=O) groups is 3. The molecule has 2 aromatic carbocycles. The highest BCUT2D eigenvalue weighted by molar-refractivity contribution is 5.95.